The minimum absolute atomic E-state index is 0.182. The van der Waals surface area contributed by atoms with Gasteiger partial charge in [-0.15, -0.1) is 0 Å². The number of aliphatic hydroxyl groups excluding tert-OH is 1. The fourth-order valence-corrected chi connectivity index (χ4v) is 3.25. The highest BCUT2D eigenvalue weighted by Crippen LogP contribution is 2.16. The molecule has 2 heterocycles. The number of likely N-dealkylation sites (tertiary alicyclic amines) is 1. The van der Waals surface area contributed by atoms with E-state index in [4.69, 9.17) is 0 Å². The number of aliphatic hydroxyl groups is 1. The van der Waals surface area contributed by atoms with Gasteiger partial charge < -0.3 is 14.9 Å². The quantitative estimate of drug-likeness (QED) is 0.893. The predicted molar refractivity (Wildman–Crippen MR) is 86.9 cm³/mol. The van der Waals surface area contributed by atoms with Crippen LogP contribution in [-0.4, -0.2) is 72.7 Å². The van der Waals surface area contributed by atoms with Crippen LogP contribution in [0.2, 0.25) is 0 Å². The van der Waals surface area contributed by atoms with Crippen LogP contribution in [0.3, 0.4) is 0 Å². The molecule has 0 spiro atoms. The van der Waals surface area contributed by atoms with Crippen molar-refractivity contribution in [2.45, 2.75) is 18.9 Å². The Morgan fingerprint density at radius 3 is 2.45 bits per heavy atom. The summed E-state index contributed by atoms with van der Waals surface area (Å²) in [5.41, 5.74) is 1.28. The lowest BCUT2D eigenvalue weighted by molar-refractivity contribution is -0.130. The Hall–Kier alpha value is -1.59. The Morgan fingerprint density at radius 2 is 1.82 bits per heavy atom. The molecule has 1 atom stereocenters. The number of hydrogen-bond acceptors (Lipinski definition) is 4. The third-order valence-corrected chi connectivity index (χ3v) is 4.65. The largest absolute Gasteiger partial charge is 0.391 e. The summed E-state index contributed by atoms with van der Waals surface area (Å²) in [5, 5.41) is 9.49. The zero-order chi connectivity index (χ0) is 15.4. The number of carbonyl (C=O) groups excluding carboxylic acids is 1. The lowest BCUT2D eigenvalue weighted by atomic mass is 10.2. The highest BCUT2D eigenvalue weighted by atomic mass is 16.3. The molecule has 2 aliphatic rings. The highest BCUT2D eigenvalue weighted by Gasteiger charge is 2.25. The molecule has 2 fully saturated rings. The van der Waals surface area contributed by atoms with Crippen LogP contribution in [0, 0.1) is 0 Å². The average Bonchev–Trinajstić information content (AvgIpc) is 3.00. The van der Waals surface area contributed by atoms with Gasteiger partial charge in [0.1, 0.15) is 0 Å². The van der Waals surface area contributed by atoms with E-state index in [1.807, 2.05) is 6.07 Å². The van der Waals surface area contributed by atoms with Crippen LogP contribution in [0.4, 0.5) is 5.69 Å². The Kier molecular flexibility index (Phi) is 4.95. The van der Waals surface area contributed by atoms with Crippen LogP contribution < -0.4 is 4.90 Å². The minimum Gasteiger partial charge on any atom is -0.391 e. The van der Waals surface area contributed by atoms with Crippen molar-refractivity contribution in [3.05, 3.63) is 30.3 Å². The fraction of sp³-hybridized carbons (Fsp3) is 0.588. The van der Waals surface area contributed by atoms with Gasteiger partial charge in [-0.05, 0) is 18.6 Å². The second-order valence-corrected chi connectivity index (χ2v) is 6.20. The highest BCUT2D eigenvalue weighted by molar-refractivity contribution is 5.76. The first-order valence-corrected chi connectivity index (χ1v) is 8.20. The topological polar surface area (TPSA) is 47.0 Å². The molecular weight excluding hydrogens is 278 g/mol. The van der Waals surface area contributed by atoms with Crippen molar-refractivity contribution < 1.29 is 9.90 Å². The third kappa shape index (κ3) is 3.78. The van der Waals surface area contributed by atoms with Gasteiger partial charge in [0.15, 0.2) is 0 Å². The molecule has 22 heavy (non-hydrogen) atoms. The van der Waals surface area contributed by atoms with Crippen LogP contribution in [-0.2, 0) is 4.79 Å². The van der Waals surface area contributed by atoms with Crippen LogP contribution in [0.1, 0.15) is 12.8 Å². The zero-order valence-electron chi connectivity index (χ0n) is 13.0. The summed E-state index contributed by atoms with van der Waals surface area (Å²) in [6.07, 6.45) is 0.970. The molecule has 5 nitrogen and oxygen atoms in total. The van der Waals surface area contributed by atoms with Crippen LogP contribution in [0.25, 0.3) is 0 Å². The molecule has 0 bridgehead atoms. The summed E-state index contributed by atoms with van der Waals surface area (Å²) in [6.45, 7) is 6.09. The number of benzene rings is 1. The van der Waals surface area contributed by atoms with E-state index < -0.39 is 0 Å². The second kappa shape index (κ2) is 7.11. The lowest BCUT2D eigenvalue weighted by Crippen LogP contribution is -2.47. The van der Waals surface area contributed by atoms with Crippen LogP contribution >= 0.6 is 0 Å². The summed E-state index contributed by atoms with van der Waals surface area (Å²) in [5.74, 6) is 0.182. The number of para-hydroxylation sites is 1. The maximum atomic E-state index is 12.1. The Labute approximate surface area is 132 Å². The molecule has 0 aliphatic carbocycles. The van der Waals surface area contributed by atoms with Gasteiger partial charge in [0.05, 0.1) is 6.10 Å². The van der Waals surface area contributed by atoms with Gasteiger partial charge in [-0.2, -0.15) is 0 Å². The number of amides is 1. The minimum atomic E-state index is -0.321. The van der Waals surface area contributed by atoms with Gasteiger partial charge in [-0.1, -0.05) is 18.2 Å². The average molecular weight is 303 g/mol. The van der Waals surface area contributed by atoms with Crippen molar-refractivity contribution in [3.8, 4) is 0 Å². The first-order valence-electron chi connectivity index (χ1n) is 8.20. The summed E-state index contributed by atoms with van der Waals surface area (Å²) in [6, 6.07) is 10.5. The van der Waals surface area contributed by atoms with E-state index in [2.05, 4.69) is 34.1 Å². The fourth-order valence-electron chi connectivity index (χ4n) is 3.25. The lowest BCUT2D eigenvalue weighted by Gasteiger charge is -2.36. The number of nitrogens with zero attached hydrogens (tertiary/aromatic N) is 3. The molecule has 1 N–H and O–H groups in total. The number of β-amino-alcohol motifs (C(OH)–C–C–N with tert-alkyl or cyclic N) is 1. The molecule has 5 heteroatoms. The number of carbonyl (C=O) groups is 1. The SMILES string of the molecule is O=C(CCN1CCN(c2ccccc2)CC1)N1CC[C@H](O)C1. The Balaban J connectivity index is 1.40. The molecule has 0 aromatic heterocycles. The standard InChI is InChI=1S/C17H25N3O2/c21-16-6-9-20(14-16)17(22)7-8-18-10-12-19(13-11-18)15-4-2-1-3-5-15/h1-5,16,21H,6-14H2/t16-/m0/s1. The monoisotopic (exact) mass is 303 g/mol. The van der Waals surface area contributed by atoms with Gasteiger partial charge in [0.25, 0.3) is 0 Å². The first-order chi connectivity index (χ1) is 10.7. The third-order valence-electron chi connectivity index (χ3n) is 4.65. The molecule has 1 aromatic carbocycles. The maximum Gasteiger partial charge on any atom is 0.223 e. The van der Waals surface area contributed by atoms with E-state index in [1.54, 1.807) is 4.90 Å². The van der Waals surface area contributed by atoms with E-state index in [-0.39, 0.29) is 12.0 Å². The van der Waals surface area contributed by atoms with E-state index in [9.17, 15) is 9.90 Å². The van der Waals surface area contributed by atoms with Gasteiger partial charge >= 0.3 is 0 Å². The summed E-state index contributed by atoms with van der Waals surface area (Å²) in [4.78, 5) is 18.7. The second-order valence-electron chi connectivity index (χ2n) is 6.20. The van der Waals surface area contributed by atoms with E-state index in [0.29, 0.717) is 19.5 Å². The molecule has 3 rings (SSSR count). The molecule has 2 aliphatic heterocycles. The van der Waals surface area contributed by atoms with Crippen molar-refractivity contribution in [2.75, 3.05) is 50.7 Å². The molecule has 2 saturated heterocycles. The number of rotatable bonds is 4. The van der Waals surface area contributed by atoms with Crippen molar-refractivity contribution in [2.24, 2.45) is 0 Å². The predicted octanol–water partition coefficient (Wildman–Crippen LogP) is 0.792. The first kappa shape index (κ1) is 15.3. The molecule has 1 aromatic rings. The van der Waals surface area contributed by atoms with Gasteiger partial charge in [0, 0.05) is 57.9 Å². The molecule has 1 amide bonds. The number of anilines is 1. The molecule has 0 radical (unpaired) electrons. The summed E-state index contributed by atoms with van der Waals surface area (Å²) in [7, 11) is 0. The van der Waals surface area contributed by atoms with Crippen LogP contribution in [0.5, 0.6) is 0 Å². The molecular formula is C17H25N3O2. The zero-order valence-corrected chi connectivity index (χ0v) is 13.0. The van der Waals surface area contributed by atoms with E-state index >= 15 is 0 Å². The number of hydrogen-bond donors (Lipinski definition) is 1. The summed E-state index contributed by atoms with van der Waals surface area (Å²) < 4.78 is 0. The van der Waals surface area contributed by atoms with Gasteiger partial charge in [0.2, 0.25) is 5.91 Å². The maximum absolute atomic E-state index is 12.1. The van der Waals surface area contributed by atoms with Crippen molar-refractivity contribution in [1.82, 2.24) is 9.80 Å². The molecule has 120 valence electrons. The van der Waals surface area contributed by atoms with E-state index in [0.717, 1.165) is 39.1 Å². The molecule has 0 saturated carbocycles. The van der Waals surface area contributed by atoms with Crippen molar-refractivity contribution in [1.29, 1.82) is 0 Å². The number of piperazine rings is 1. The normalized spacial score (nSPS) is 23.0. The Bertz CT molecular complexity index is 486. The summed E-state index contributed by atoms with van der Waals surface area (Å²) >= 11 is 0. The Morgan fingerprint density at radius 1 is 1.09 bits per heavy atom. The van der Waals surface area contributed by atoms with Crippen molar-refractivity contribution in [3.63, 3.8) is 0 Å². The van der Waals surface area contributed by atoms with Crippen LogP contribution in [0.15, 0.2) is 30.3 Å². The smallest absolute Gasteiger partial charge is 0.223 e. The van der Waals surface area contributed by atoms with E-state index in [1.165, 1.54) is 5.69 Å². The molecule has 0 unspecified atom stereocenters. The van der Waals surface area contributed by atoms with Gasteiger partial charge in [-0.3, -0.25) is 9.69 Å². The van der Waals surface area contributed by atoms with Crippen molar-refractivity contribution >= 4 is 11.6 Å². The van der Waals surface area contributed by atoms with Gasteiger partial charge in [-0.25, -0.2) is 0 Å².